The molecular weight excluding hydrogens is 518 g/mol. The van der Waals surface area contributed by atoms with Crippen molar-refractivity contribution in [2.45, 2.75) is 61.4 Å². The van der Waals surface area contributed by atoms with Crippen LogP contribution in [-0.2, 0) is 15.1 Å². The number of alkyl halides is 3. The van der Waals surface area contributed by atoms with Crippen LogP contribution >= 0.6 is 0 Å². The molecule has 2 N–H and O–H groups in total. The molecule has 5 rings (SSSR count). The molecule has 2 aromatic rings. The number of ether oxygens (including phenoxy) is 2. The Morgan fingerprint density at radius 3 is 2.36 bits per heavy atom. The molecule has 11 heteroatoms. The maximum absolute atomic E-state index is 14.5. The van der Waals surface area contributed by atoms with Gasteiger partial charge in [0.25, 0.3) is 11.5 Å². The molecule has 7 nitrogen and oxygen atoms in total. The predicted molar refractivity (Wildman–Crippen MR) is 134 cm³/mol. The molecule has 0 radical (unpaired) electrons. The van der Waals surface area contributed by atoms with Gasteiger partial charge in [0, 0.05) is 49.9 Å². The predicted octanol–water partition coefficient (Wildman–Crippen LogP) is 4.62. The molecule has 2 atom stereocenters. The minimum atomic E-state index is -5.01. The number of nitrogens with one attached hydrogen (secondary N) is 2. The van der Waals surface area contributed by atoms with Crippen molar-refractivity contribution in [2.75, 3.05) is 26.7 Å². The van der Waals surface area contributed by atoms with Crippen LogP contribution in [0.5, 0.6) is 5.75 Å². The quantitative estimate of drug-likeness (QED) is 0.516. The SMILES string of the molecule is CO[C@@](C(=O)N1CCC2(CC1)NC(=O)NC[C@H]2c1ccc(F)cc1OC1CCC1)(c1ccccc1)C(F)(F)F. The number of likely N-dealkylation sites (tertiary alicyclic amines) is 1. The maximum atomic E-state index is 14.5. The minimum Gasteiger partial charge on any atom is -0.490 e. The van der Waals surface area contributed by atoms with E-state index in [0.717, 1.165) is 31.3 Å². The second kappa shape index (κ2) is 10.3. The van der Waals surface area contributed by atoms with Gasteiger partial charge < -0.3 is 25.0 Å². The Morgan fingerprint density at radius 2 is 1.77 bits per heavy atom. The zero-order valence-corrected chi connectivity index (χ0v) is 21.5. The first-order valence-electron chi connectivity index (χ1n) is 13.1. The van der Waals surface area contributed by atoms with Crippen molar-refractivity contribution in [1.82, 2.24) is 15.5 Å². The number of methoxy groups -OCH3 is 1. The number of carbonyl (C=O) groups excluding carboxylic acids is 2. The van der Waals surface area contributed by atoms with Gasteiger partial charge in [0.2, 0.25) is 0 Å². The average Bonchev–Trinajstić information content (AvgIpc) is 2.88. The summed E-state index contributed by atoms with van der Waals surface area (Å²) in [5.41, 5.74) is -3.62. The summed E-state index contributed by atoms with van der Waals surface area (Å²) < 4.78 is 68.7. The van der Waals surface area contributed by atoms with Crippen molar-refractivity contribution in [1.29, 1.82) is 0 Å². The van der Waals surface area contributed by atoms with Crippen LogP contribution in [0.3, 0.4) is 0 Å². The lowest BCUT2D eigenvalue weighted by molar-refractivity contribution is -0.270. The van der Waals surface area contributed by atoms with Gasteiger partial charge in [-0.1, -0.05) is 36.4 Å². The summed E-state index contributed by atoms with van der Waals surface area (Å²) in [6, 6.07) is 10.8. The van der Waals surface area contributed by atoms with Crippen LogP contribution < -0.4 is 15.4 Å². The summed E-state index contributed by atoms with van der Waals surface area (Å²) in [5.74, 6) is -1.60. The van der Waals surface area contributed by atoms with Crippen LogP contribution in [0.4, 0.5) is 22.4 Å². The van der Waals surface area contributed by atoms with Crippen LogP contribution in [-0.4, -0.2) is 61.4 Å². The van der Waals surface area contributed by atoms with E-state index in [9.17, 15) is 27.2 Å². The minimum absolute atomic E-state index is 0.00497. The zero-order chi connectivity index (χ0) is 27.8. The number of rotatable bonds is 6. The first kappa shape index (κ1) is 27.2. The van der Waals surface area contributed by atoms with Crippen LogP contribution in [0.2, 0.25) is 0 Å². The van der Waals surface area contributed by atoms with Gasteiger partial charge in [-0.3, -0.25) is 4.79 Å². The third-order valence-corrected chi connectivity index (χ3v) is 8.32. The fraction of sp³-hybridized carbons (Fsp3) is 0.500. The van der Waals surface area contributed by atoms with E-state index in [1.54, 1.807) is 12.1 Å². The lowest BCUT2D eigenvalue weighted by Crippen LogP contribution is -2.67. The molecule has 0 unspecified atom stereocenters. The Bertz CT molecular complexity index is 1210. The van der Waals surface area contributed by atoms with E-state index < -0.39 is 35.1 Å². The molecule has 39 heavy (non-hydrogen) atoms. The molecule has 2 saturated heterocycles. The highest BCUT2D eigenvalue weighted by Crippen LogP contribution is 2.46. The molecule has 210 valence electrons. The van der Waals surface area contributed by atoms with Crippen LogP contribution in [0.25, 0.3) is 0 Å². The van der Waals surface area contributed by atoms with Crippen molar-refractivity contribution in [3.05, 3.63) is 65.5 Å². The van der Waals surface area contributed by atoms with E-state index in [1.165, 1.54) is 36.4 Å². The Labute approximate surface area is 223 Å². The summed E-state index contributed by atoms with van der Waals surface area (Å²) in [7, 11) is 0.880. The molecule has 0 bridgehead atoms. The molecule has 0 aromatic heterocycles. The van der Waals surface area contributed by atoms with E-state index in [2.05, 4.69) is 10.6 Å². The summed E-state index contributed by atoms with van der Waals surface area (Å²) in [6.45, 7) is 0.161. The van der Waals surface area contributed by atoms with Gasteiger partial charge in [-0.2, -0.15) is 13.2 Å². The number of nitrogens with zero attached hydrogens (tertiary/aromatic N) is 1. The lowest BCUT2D eigenvalue weighted by atomic mass is 9.71. The molecule has 1 spiro atoms. The number of halogens is 4. The number of amides is 3. The normalized spacial score (nSPS) is 22.8. The third-order valence-electron chi connectivity index (χ3n) is 8.32. The standard InChI is InChI=1S/C28H31F4N3O4/c1-38-27(28(30,31)32,18-6-3-2-4-7-18)24(36)35-14-12-26(13-15-35)22(17-33-25(37)34-26)21-11-10-19(29)16-23(21)39-20-8-5-9-20/h2-4,6-7,10-11,16,20,22H,5,8-9,12-15,17H2,1H3,(H2,33,34,37)/t22-,27+/m0/s1. The number of carbonyl (C=O) groups is 2. The van der Waals surface area contributed by atoms with Crippen LogP contribution in [0.1, 0.15) is 49.1 Å². The van der Waals surface area contributed by atoms with E-state index in [-0.39, 0.29) is 50.1 Å². The Morgan fingerprint density at radius 1 is 1.08 bits per heavy atom. The average molecular weight is 550 g/mol. The lowest BCUT2D eigenvalue weighted by Gasteiger charge is -2.51. The Kier molecular flexibility index (Phi) is 7.21. The fourth-order valence-corrected chi connectivity index (χ4v) is 5.93. The monoisotopic (exact) mass is 549 g/mol. The second-order valence-corrected chi connectivity index (χ2v) is 10.4. The second-order valence-electron chi connectivity index (χ2n) is 10.4. The first-order chi connectivity index (χ1) is 18.6. The molecular formula is C28H31F4N3O4. The summed E-state index contributed by atoms with van der Waals surface area (Å²) in [4.78, 5) is 27.2. The summed E-state index contributed by atoms with van der Waals surface area (Å²) >= 11 is 0. The molecule has 1 aliphatic carbocycles. The Balaban J connectivity index is 1.43. The van der Waals surface area contributed by atoms with Gasteiger partial charge in [0.15, 0.2) is 0 Å². The van der Waals surface area contributed by atoms with Crippen molar-refractivity contribution in [3.8, 4) is 5.75 Å². The highest BCUT2D eigenvalue weighted by atomic mass is 19.4. The van der Waals surface area contributed by atoms with E-state index in [4.69, 9.17) is 9.47 Å². The largest absolute Gasteiger partial charge is 0.490 e. The van der Waals surface area contributed by atoms with Crippen molar-refractivity contribution < 1.29 is 36.6 Å². The van der Waals surface area contributed by atoms with Gasteiger partial charge in [0.1, 0.15) is 11.6 Å². The molecule has 1 saturated carbocycles. The summed E-state index contributed by atoms with van der Waals surface area (Å²) in [6.07, 6.45) is -1.84. The smallest absolute Gasteiger partial charge is 0.430 e. The van der Waals surface area contributed by atoms with Gasteiger partial charge in [-0.15, -0.1) is 0 Å². The van der Waals surface area contributed by atoms with Crippen molar-refractivity contribution in [3.63, 3.8) is 0 Å². The molecule has 2 aromatic carbocycles. The van der Waals surface area contributed by atoms with E-state index in [1.807, 2.05) is 0 Å². The van der Waals surface area contributed by atoms with Gasteiger partial charge >= 0.3 is 12.2 Å². The van der Waals surface area contributed by atoms with Crippen LogP contribution in [0.15, 0.2) is 48.5 Å². The Hall–Kier alpha value is -3.34. The zero-order valence-electron chi connectivity index (χ0n) is 21.5. The number of benzene rings is 2. The fourth-order valence-electron chi connectivity index (χ4n) is 5.93. The van der Waals surface area contributed by atoms with Gasteiger partial charge in [-0.25, -0.2) is 9.18 Å². The maximum Gasteiger partial charge on any atom is 0.430 e. The number of hydrogen-bond acceptors (Lipinski definition) is 4. The van der Waals surface area contributed by atoms with Gasteiger partial charge in [-0.05, 0) is 38.2 Å². The molecule has 2 aliphatic heterocycles. The first-order valence-corrected chi connectivity index (χ1v) is 13.1. The van der Waals surface area contributed by atoms with Crippen LogP contribution in [0, 0.1) is 5.82 Å². The molecule has 3 aliphatic rings. The molecule has 3 amide bonds. The van der Waals surface area contributed by atoms with Crippen molar-refractivity contribution >= 4 is 11.9 Å². The number of urea groups is 1. The highest BCUT2D eigenvalue weighted by molar-refractivity contribution is 5.88. The third kappa shape index (κ3) is 4.81. The topological polar surface area (TPSA) is 79.9 Å². The number of hydrogen-bond donors (Lipinski definition) is 2. The number of piperidine rings is 1. The molecule has 2 heterocycles. The van der Waals surface area contributed by atoms with Crippen molar-refractivity contribution in [2.24, 2.45) is 0 Å². The van der Waals surface area contributed by atoms with E-state index in [0.29, 0.717) is 11.3 Å². The highest BCUT2D eigenvalue weighted by Gasteiger charge is 2.64. The summed E-state index contributed by atoms with van der Waals surface area (Å²) in [5, 5.41) is 5.77. The molecule has 3 fully saturated rings. The van der Waals surface area contributed by atoms with Gasteiger partial charge in [0.05, 0.1) is 11.6 Å². The van der Waals surface area contributed by atoms with E-state index >= 15 is 0 Å².